The van der Waals surface area contributed by atoms with Crippen LogP contribution in [0.1, 0.15) is 26.3 Å². The summed E-state index contributed by atoms with van der Waals surface area (Å²) < 4.78 is 22.7. The Morgan fingerprint density at radius 1 is 1.35 bits per heavy atom. The van der Waals surface area contributed by atoms with E-state index >= 15 is 0 Å². The first kappa shape index (κ1) is 13.3. The van der Waals surface area contributed by atoms with E-state index in [0.29, 0.717) is 5.56 Å². The first-order valence-electron chi connectivity index (χ1n) is 5.11. The fourth-order valence-corrected chi connectivity index (χ4v) is 1.41. The van der Waals surface area contributed by atoms with Gasteiger partial charge in [0.05, 0.1) is 12.8 Å². The average molecular weight is 241 g/mol. The van der Waals surface area contributed by atoms with Gasteiger partial charge in [-0.3, -0.25) is 0 Å². The van der Waals surface area contributed by atoms with Gasteiger partial charge in [0.25, 0.3) is 0 Å². The molecule has 0 radical (unpaired) electrons. The lowest BCUT2D eigenvalue weighted by Gasteiger charge is -2.23. The molecule has 0 aliphatic carbocycles. The second-order valence-corrected chi connectivity index (χ2v) is 4.68. The van der Waals surface area contributed by atoms with Gasteiger partial charge >= 0.3 is 6.16 Å². The summed E-state index contributed by atoms with van der Waals surface area (Å²) >= 11 is 0. The van der Waals surface area contributed by atoms with Gasteiger partial charge in [-0.1, -0.05) is 20.8 Å². The molecular weight excluding hydrogens is 225 g/mol. The van der Waals surface area contributed by atoms with Crippen molar-refractivity contribution in [2.45, 2.75) is 26.2 Å². The molecule has 2 N–H and O–H groups in total. The Bertz CT molecular complexity index is 438. The lowest BCUT2D eigenvalue weighted by molar-refractivity contribution is 0.121. The van der Waals surface area contributed by atoms with Gasteiger partial charge < -0.3 is 15.2 Å². The smallest absolute Gasteiger partial charge is 0.437 e. The fourth-order valence-electron chi connectivity index (χ4n) is 1.41. The molecule has 0 aromatic heterocycles. The van der Waals surface area contributed by atoms with E-state index in [0.717, 1.165) is 6.07 Å². The largest absolute Gasteiger partial charge is 0.513 e. The molecule has 5 heteroatoms. The predicted octanol–water partition coefficient (Wildman–Crippen LogP) is 2.85. The molecule has 0 unspecified atom stereocenters. The normalized spacial score (nSPS) is 11.1. The molecule has 1 rings (SSSR count). The third-order valence-corrected chi connectivity index (χ3v) is 2.24. The first-order chi connectivity index (χ1) is 7.75. The predicted molar refractivity (Wildman–Crippen MR) is 62.5 cm³/mol. The Labute approximate surface area is 99.5 Å². The molecule has 0 aliphatic heterocycles. The molecule has 0 amide bonds. The van der Waals surface area contributed by atoms with Crippen LogP contribution < -0.4 is 10.5 Å². The molecule has 4 nitrogen and oxygen atoms in total. The third kappa shape index (κ3) is 3.09. The number of nitrogens with two attached hydrogens (primary N) is 1. The highest BCUT2D eigenvalue weighted by Crippen LogP contribution is 2.36. The molecule has 0 saturated carbocycles. The molecule has 0 aliphatic rings. The van der Waals surface area contributed by atoms with Crippen molar-refractivity contribution in [1.82, 2.24) is 0 Å². The van der Waals surface area contributed by atoms with Gasteiger partial charge in [-0.05, 0) is 11.5 Å². The molecule has 94 valence electrons. The van der Waals surface area contributed by atoms with E-state index in [9.17, 15) is 9.18 Å². The Morgan fingerprint density at radius 2 is 1.94 bits per heavy atom. The highest BCUT2D eigenvalue weighted by Gasteiger charge is 2.24. The van der Waals surface area contributed by atoms with Crippen LogP contribution >= 0.6 is 0 Å². The van der Waals surface area contributed by atoms with Crippen LogP contribution in [-0.4, -0.2) is 13.3 Å². The summed E-state index contributed by atoms with van der Waals surface area (Å²) in [6.07, 6.45) is -0.881. The Morgan fingerprint density at radius 3 is 2.41 bits per heavy atom. The minimum absolute atomic E-state index is 0.0697. The second kappa shape index (κ2) is 4.61. The molecule has 0 bridgehead atoms. The number of hydrogen-bond donors (Lipinski definition) is 1. The summed E-state index contributed by atoms with van der Waals surface area (Å²) in [6, 6.07) is 2.40. The van der Waals surface area contributed by atoms with Crippen molar-refractivity contribution in [2.24, 2.45) is 0 Å². The minimum atomic E-state index is -0.881. The molecule has 17 heavy (non-hydrogen) atoms. The number of benzene rings is 1. The summed E-state index contributed by atoms with van der Waals surface area (Å²) in [4.78, 5) is 11.1. The number of halogens is 1. The highest BCUT2D eigenvalue weighted by molar-refractivity contribution is 5.70. The highest BCUT2D eigenvalue weighted by atomic mass is 19.1. The standard InChI is InChI=1S/C12H16FNO3/c1-12(2,3)8-5-7(13)6-9(14)10(8)17-11(15)16-4/h5-6H,14H2,1-4H3. The zero-order chi connectivity index (χ0) is 13.2. The summed E-state index contributed by atoms with van der Waals surface area (Å²) in [5, 5.41) is 0. The Balaban J connectivity index is 3.31. The van der Waals surface area contributed by atoms with Crippen LogP contribution in [0.5, 0.6) is 5.75 Å². The number of nitrogen functional groups attached to an aromatic ring is 1. The monoisotopic (exact) mass is 241 g/mol. The molecule has 0 spiro atoms. The molecule has 1 aromatic rings. The van der Waals surface area contributed by atoms with Gasteiger partial charge in [-0.25, -0.2) is 9.18 Å². The van der Waals surface area contributed by atoms with Crippen LogP contribution in [-0.2, 0) is 10.2 Å². The van der Waals surface area contributed by atoms with Crippen LogP contribution in [0.25, 0.3) is 0 Å². The van der Waals surface area contributed by atoms with Gasteiger partial charge in [0.15, 0.2) is 5.75 Å². The van der Waals surface area contributed by atoms with Crippen molar-refractivity contribution >= 4 is 11.8 Å². The van der Waals surface area contributed by atoms with E-state index < -0.39 is 17.4 Å². The number of carbonyl (C=O) groups excluding carboxylic acids is 1. The number of carbonyl (C=O) groups is 1. The van der Waals surface area contributed by atoms with Crippen LogP contribution in [0.3, 0.4) is 0 Å². The SMILES string of the molecule is COC(=O)Oc1c(N)cc(F)cc1C(C)(C)C. The summed E-state index contributed by atoms with van der Waals surface area (Å²) in [6.45, 7) is 5.60. The number of ether oxygens (including phenoxy) is 2. The van der Waals surface area contributed by atoms with E-state index in [2.05, 4.69) is 4.74 Å². The minimum Gasteiger partial charge on any atom is -0.437 e. The molecule has 0 heterocycles. The molecule has 0 fully saturated rings. The van der Waals surface area contributed by atoms with E-state index in [1.807, 2.05) is 20.8 Å². The summed E-state index contributed by atoms with van der Waals surface area (Å²) in [7, 11) is 1.19. The van der Waals surface area contributed by atoms with Gasteiger partial charge in [0.2, 0.25) is 0 Å². The van der Waals surface area contributed by atoms with E-state index in [4.69, 9.17) is 10.5 Å². The van der Waals surface area contributed by atoms with Crippen LogP contribution in [0.15, 0.2) is 12.1 Å². The van der Waals surface area contributed by atoms with Gasteiger partial charge in [0, 0.05) is 11.6 Å². The van der Waals surface area contributed by atoms with Crippen LogP contribution in [0, 0.1) is 5.82 Å². The number of methoxy groups -OCH3 is 1. The third-order valence-electron chi connectivity index (χ3n) is 2.24. The van der Waals surface area contributed by atoms with Gasteiger partial charge in [-0.15, -0.1) is 0 Å². The van der Waals surface area contributed by atoms with Gasteiger partial charge in [-0.2, -0.15) is 0 Å². The molecule has 0 atom stereocenters. The maximum absolute atomic E-state index is 13.3. The number of rotatable bonds is 1. The zero-order valence-corrected chi connectivity index (χ0v) is 10.3. The maximum atomic E-state index is 13.3. The Hall–Kier alpha value is -1.78. The Kier molecular flexibility index (Phi) is 3.60. The van der Waals surface area contributed by atoms with E-state index in [-0.39, 0.29) is 11.4 Å². The van der Waals surface area contributed by atoms with Crippen molar-refractivity contribution in [2.75, 3.05) is 12.8 Å². The maximum Gasteiger partial charge on any atom is 0.513 e. The van der Waals surface area contributed by atoms with Gasteiger partial charge in [0.1, 0.15) is 5.82 Å². The fraction of sp³-hybridized carbons (Fsp3) is 0.417. The van der Waals surface area contributed by atoms with Crippen LogP contribution in [0.2, 0.25) is 0 Å². The average Bonchev–Trinajstić information content (AvgIpc) is 2.19. The molecule has 1 aromatic carbocycles. The lowest BCUT2D eigenvalue weighted by Crippen LogP contribution is -2.18. The second-order valence-electron chi connectivity index (χ2n) is 4.68. The van der Waals surface area contributed by atoms with E-state index in [1.165, 1.54) is 13.2 Å². The van der Waals surface area contributed by atoms with Crippen molar-refractivity contribution in [3.63, 3.8) is 0 Å². The van der Waals surface area contributed by atoms with Crippen molar-refractivity contribution in [1.29, 1.82) is 0 Å². The van der Waals surface area contributed by atoms with Crippen LogP contribution in [0.4, 0.5) is 14.9 Å². The summed E-state index contributed by atoms with van der Waals surface area (Å²) in [5.74, 6) is -0.324. The van der Waals surface area contributed by atoms with Crippen molar-refractivity contribution in [3.05, 3.63) is 23.5 Å². The summed E-state index contributed by atoms with van der Waals surface area (Å²) in [5.41, 5.74) is 5.83. The van der Waals surface area contributed by atoms with Crippen molar-refractivity contribution in [3.8, 4) is 5.75 Å². The molecular formula is C12H16FNO3. The molecule has 0 saturated heterocycles. The lowest BCUT2D eigenvalue weighted by atomic mass is 9.86. The van der Waals surface area contributed by atoms with Crippen molar-refractivity contribution < 1.29 is 18.7 Å². The topological polar surface area (TPSA) is 61.5 Å². The number of anilines is 1. The first-order valence-corrected chi connectivity index (χ1v) is 5.11. The van der Waals surface area contributed by atoms with E-state index in [1.54, 1.807) is 0 Å². The quantitative estimate of drug-likeness (QED) is 0.466. The zero-order valence-electron chi connectivity index (χ0n) is 10.3. The number of hydrogen-bond acceptors (Lipinski definition) is 4.